The quantitative estimate of drug-likeness (QED) is 0.197. The van der Waals surface area contributed by atoms with Crippen LogP contribution in [0.5, 0.6) is 0 Å². The Morgan fingerprint density at radius 3 is 1.94 bits per heavy atom. The molecule has 0 unspecified atom stereocenters. The molecule has 11 aromatic rings. The molecule has 0 spiro atoms. The Hall–Kier alpha value is -6.04. The summed E-state index contributed by atoms with van der Waals surface area (Å²) in [6.07, 6.45) is 0. The number of hydrogen-bond acceptors (Lipinski definition) is 5. The molecule has 0 fully saturated rings. The lowest BCUT2D eigenvalue weighted by Crippen LogP contribution is -2.10. The SMILES string of the molecule is c1ccc2c(c1)oc1cc(N(c3cccc4c3oc3c4ccc4sc5ccccc5c43)c3cccc4oc5ccccc5c34)ccc12. The second-order valence-electron chi connectivity index (χ2n) is 12.0. The van der Waals surface area contributed by atoms with Crippen LogP contribution >= 0.6 is 11.3 Å². The van der Waals surface area contributed by atoms with Crippen LogP contribution in [0.25, 0.3) is 86.0 Å². The Kier molecular flexibility index (Phi) is 4.96. The van der Waals surface area contributed by atoms with Gasteiger partial charge in [0, 0.05) is 53.2 Å². The van der Waals surface area contributed by atoms with Crippen molar-refractivity contribution in [3.8, 4) is 0 Å². The van der Waals surface area contributed by atoms with Crippen molar-refractivity contribution in [2.45, 2.75) is 0 Å². The minimum atomic E-state index is 0.833. The van der Waals surface area contributed by atoms with Gasteiger partial charge in [0.25, 0.3) is 0 Å². The number of para-hydroxylation sites is 3. The summed E-state index contributed by atoms with van der Waals surface area (Å²) in [4.78, 5) is 2.30. The van der Waals surface area contributed by atoms with E-state index >= 15 is 0 Å². The van der Waals surface area contributed by atoms with Gasteiger partial charge in [-0.25, -0.2) is 0 Å². The fourth-order valence-corrected chi connectivity index (χ4v) is 8.53. The van der Waals surface area contributed by atoms with Crippen LogP contribution < -0.4 is 4.90 Å². The molecule has 0 N–H and O–H groups in total. The van der Waals surface area contributed by atoms with Crippen LogP contribution in [0.4, 0.5) is 17.1 Å². The normalized spacial score (nSPS) is 12.3. The van der Waals surface area contributed by atoms with Crippen molar-refractivity contribution in [2.24, 2.45) is 0 Å². The van der Waals surface area contributed by atoms with E-state index < -0.39 is 0 Å². The molecule has 11 rings (SSSR count). The van der Waals surface area contributed by atoms with Gasteiger partial charge in [-0.3, -0.25) is 0 Å². The maximum absolute atomic E-state index is 7.02. The number of fused-ring (bicyclic) bond motifs is 13. The van der Waals surface area contributed by atoms with E-state index in [1.165, 1.54) is 20.2 Å². The van der Waals surface area contributed by atoms with Crippen molar-refractivity contribution < 1.29 is 13.3 Å². The van der Waals surface area contributed by atoms with E-state index in [0.29, 0.717) is 0 Å². The molecule has 7 aromatic carbocycles. The first-order valence-electron chi connectivity index (χ1n) is 15.7. The number of benzene rings is 7. The van der Waals surface area contributed by atoms with Gasteiger partial charge in [0.05, 0.1) is 22.4 Å². The van der Waals surface area contributed by atoms with Crippen LogP contribution in [0, 0.1) is 0 Å². The second kappa shape index (κ2) is 9.25. The lowest BCUT2D eigenvalue weighted by Gasteiger charge is -2.26. The lowest BCUT2D eigenvalue weighted by molar-refractivity contribution is 0.668. The van der Waals surface area contributed by atoms with Gasteiger partial charge in [-0.1, -0.05) is 72.8 Å². The number of hydrogen-bond donors (Lipinski definition) is 0. The molecule has 220 valence electrons. The molecule has 0 aliphatic carbocycles. The minimum Gasteiger partial charge on any atom is -0.456 e. The van der Waals surface area contributed by atoms with Gasteiger partial charge in [0.2, 0.25) is 0 Å². The summed E-state index contributed by atoms with van der Waals surface area (Å²) in [5.74, 6) is 0. The lowest BCUT2D eigenvalue weighted by atomic mass is 10.1. The number of rotatable bonds is 3. The summed E-state index contributed by atoms with van der Waals surface area (Å²) in [6.45, 7) is 0. The van der Waals surface area contributed by atoms with Crippen molar-refractivity contribution in [2.75, 3.05) is 4.90 Å². The molecular weight excluding hydrogens is 599 g/mol. The molecule has 0 aliphatic heterocycles. The van der Waals surface area contributed by atoms with Crippen LogP contribution in [0.1, 0.15) is 0 Å². The Bertz CT molecular complexity index is 3050. The van der Waals surface area contributed by atoms with Crippen LogP contribution in [-0.2, 0) is 0 Å². The fourth-order valence-electron chi connectivity index (χ4n) is 7.43. The maximum Gasteiger partial charge on any atom is 0.159 e. The van der Waals surface area contributed by atoms with E-state index in [0.717, 1.165) is 82.9 Å². The molecule has 47 heavy (non-hydrogen) atoms. The van der Waals surface area contributed by atoms with E-state index in [1.807, 2.05) is 30.3 Å². The molecule has 4 nitrogen and oxygen atoms in total. The Morgan fingerprint density at radius 1 is 0.383 bits per heavy atom. The Balaban J connectivity index is 1.25. The van der Waals surface area contributed by atoms with Gasteiger partial charge in [-0.05, 0) is 60.7 Å². The number of anilines is 3. The van der Waals surface area contributed by atoms with Crippen LogP contribution in [0.15, 0.2) is 153 Å². The molecule has 0 saturated carbocycles. The van der Waals surface area contributed by atoms with Gasteiger partial charge in [-0.15, -0.1) is 11.3 Å². The maximum atomic E-state index is 7.02. The third-order valence-electron chi connectivity index (χ3n) is 9.47. The number of thiophene rings is 1. The second-order valence-corrected chi connectivity index (χ2v) is 13.1. The summed E-state index contributed by atoms with van der Waals surface area (Å²) in [7, 11) is 0. The largest absolute Gasteiger partial charge is 0.456 e. The zero-order valence-electron chi connectivity index (χ0n) is 24.9. The first kappa shape index (κ1) is 25.2. The van der Waals surface area contributed by atoms with Crippen molar-refractivity contribution >= 4 is 114 Å². The van der Waals surface area contributed by atoms with Crippen molar-refractivity contribution in [3.63, 3.8) is 0 Å². The molecule has 4 heterocycles. The van der Waals surface area contributed by atoms with Crippen molar-refractivity contribution in [1.82, 2.24) is 0 Å². The zero-order valence-corrected chi connectivity index (χ0v) is 25.7. The predicted molar refractivity (Wildman–Crippen MR) is 196 cm³/mol. The Labute approximate surface area is 271 Å². The van der Waals surface area contributed by atoms with E-state index in [9.17, 15) is 0 Å². The van der Waals surface area contributed by atoms with E-state index in [1.54, 1.807) is 11.3 Å². The highest BCUT2D eigenvalue weighted by molar-refractivity contribution is 7.26. The average molecular weight is 622 g/mol. The topological polar surface area (TPSA) is 42.7 Å². The molecule has 4 aromatic heterocycles. The number of nitrogens with zero attached hydrogens (tertiary/aromatic N) is 1. The summed E-state index contributed by atoms with van der Waals surface area (Å²) in [5, 5.41) is 8.89. The number of furan rings is 3. The highest BCUT2D eigenvalue weighted by Gasteiger charge is 2.25. The first-order chi connectivity index (χ1) is 23.3. The van der Waals surface area contributed by atoms with Crippen molar-refractivity contribution in [1.29, 1.82) is 0 Å². The third kappa shape index (κ3) is 3.46. The van der Waals surface area contributed by atoms with Gasteiger partial charge < -0.3 is 18.2 Å². The monoisotopic (exact) mass is 621 g/mol. The molecule has 5 heteroatoms. The minimum absolute atomic E-state index is 0.833. The zero-order chi connectivity index (χ0) is 30.6. The molecule has 0 saturated heterocycles. The van der Waals surface area contributed by atoms with Crippen LogP contribution in [0.3, 0.4) is 0 Å². The van der Waals surface area contributed by atoms with E-state index in [-0.39, 0.29) is 0 Å². The van der Waals surface area contributed by atoms with Gasteiger partial charge >= 0.3 is 0 Å². The molecule has 0 atom stereocenters. The van der Waals surface area contributed by atoms with E-state index in [4.69, 9.17) is 13.3 Å². The average Bonchev–Trinajstić information content (AvgIpc) is 3.88. The molecule has 0 bridgehead atoms. The first-order valence-corrected chi connectivity index (χ1v) is 16.5. The van der Waals surface area contributed by atoms with Crippen LogP contribution in [-0.4, -0.2) is 0 Å². The summed E-state index contributed by atoms with van der Waals surface area (Å²) in [5.41, 5.74) is 8.07. The smallest absolute Gasteiger partial charge is 0.159 e. The molecule has 0 aliphatic rings. The third-order valence-corrected chi connectivity index (χ3v) is 10.6. The van der Waals surface area contributed by atoms with E-state index in [2.05, 4.69) is 114 Å². The summed E-state index contributed by atoms with van der Waals surface area (Å²) >= 11 is 1.81. The van der Waals surface area contributed by atoms with Gasteiger partial charge in [-0.2, -0.15) is 0 Å². The molecule has 0 amide bonds. The summed E-state index contributed by atoms with van der Waals surface area (Å²) in [6, 6.07) is 48.7. The highest BCUT2D eigenvalue weighted by atomic mass is 32.1. The summed E-state index contributed by atoms with van der Waals surface area (Å²) < 4.78 is 22.3. The predicted octanol–water partition coefficient (Wildman–Crippen LogP) is 13.2. The highest BCUT2D eigenvalue weighted by Crippen LogP contribution is 2.49. The van der Waals surface area contributed by atoms with Gasteiger partial charge in [0.1, 0.15) is 27.9 Å². The molecular formula is C42H23NO3S. The van der Waals surface area contributed by atoms with Gasteiger partial charge in [0.15, 0.2) is 5.58 Å². The standard InChI is InChI=1S/C42H23NO3S/c1-4-15-33-25(9-1)26-20-19-24(23-36(26)45-33)43(31-13-8-17-35-39(31)29-10-2-5-16-34(29)44-35)32-14-7-12-27-28-21-22-38-40(42(28)46-41(27)32)30-11-3-6-18-37(30)47-38/h1-23H. The Morgan fingerprint density at radius 2 is 1.02 bits per heavy atom. The van der Waals surface area contributed by atoms with Crippen molar-refractivity contribution in [3.05, 3.63) is 140 Å². The molecule has 0 radical (unpaired) electrons. The van der Waals surface area contributed by atoms with Crippen LogP contribution in [0.2, 0.25) is 0 Å². The fraction of sp³-hybridized carbons (Fsp3) is 0.